The van der Waals surface area contributed by atoms with Crippen LogP contribution >= 0.6 is 0 Å². The summed E-state index contributed by atoms with van der Waals surface area (Å²) < 4.78 is 4.39. The molecule has 5 heteroatoms. The molecule has 110 valence electrons. The SMILES string of the molecule is CCCn1c(CNCCn2ccnc2)nc2ccccc21. The molecule has 3 rings (SSSR count). The first-order chi connectivity index (χ1) is 10.4. The molecule has 0 aliphatic carbocycles. The van der Waals surface area contributed by atoms with Gasteiger partial charge in [0.2, 0.25) is 0 Å². The van der Waals surface area contributed by atoms with E-state index in [0.717, 1.165) is 43.9 Å². The lowest BCUT2D eigenvalue weighted by molar-refractivity contribution is 0.561. The van der Waals surface area contributed by atoms with Crippen molar-refractivity contribution in [2.45, 2.75) is 33.0 Å². The van der Waals surface area contributed by atoms with E-state index in [1.807, 2.05) is 18.6 Å². The van der Waals surface area contributed by atoms with Crippen LogP contribution in [-0.2, 0) is 19.6 Å². The third-order valence-electron chi connectivity index (χ3n) is 3.57. The Labute approximate surface area is 124 Å². The standard InChI is InChI=1S/C16H21N5/c1-2-9-21-15-6-4-3-5-14(15)19-16(21)12-17-7-10-20-11-8-18-13-20/h3-6,8,11,13,17H,2,7,9-10,12H2,1H3. The average molecular weight is 283 g/mol. The van der Waals surface area contributed by atoms with E-state index in [9.17, 15) is 0 Å². The van der Waals surface area contributed by atoms with Crippen LogP contribution in [0.15, 0.2) is 43.0 Å². The fourth-order valence-electron chi connectivity index (χ4n) is 2.56. The van der Waals surface area contributed by atoms with E-state index in [0.29, 0.717) is 0 Å². The number of hydrogen-bond donors (Lipinski definition) is 1. The quantitative estimate of drug-likeness (QED) is 0.677. The van der Waals surface area contributed by atoms with Gasteiger partial charge in [-0.3, -0.25) is 0 Å². The van der Waals surface area contributed by atoms with Crippen molar-refractivity contribution in [2.75, 3.05) is 6.54 Å². The number of aryl methyl sites for hydroxylation is 1. The Morgan fingerprint density at radius 2 is 2.10 bits per heavy atom. The summed E-state index contributed by atoms with van der Waals surface area (Å²) >= 11 is 0. The maximum atomic E-state index is 4.75. The van der Waals surface area contributed by atoms with Crippen molar-refractivity contribution >= 4 is 11.0 Å². The van der Waals surface area contributed by atoms with Gasteiger partial charge in [0.1, 0.15) is 5.82 Å². The Morgan fingerprint density at radius 1 is 1.19 bits per heavy atom. The number of nitrogens with zero attached hydrogens (tertiary/aromatic N) is 4. The summed E-state index contributed by atoms with van der Waals surface area (Å²) in [5.41, 5.74) is 2.31. The third kappa shape index (κ3) is 3.13. The highest BCUT2D eigenvalue weighted by atomic mass is 15.1. The molecule has 0 unspecified atom stereocenters. The van der Waals surface area contributed by atoms with Gasteiger partial charge < -0.3 is 14.5 Å². The van der Waals surface area contributed by atoms with Gasteiger partial charge in [0, 0.05) is 32.0 Å². The van der Waals surface area contributed by atoms with E-state index in [1.165, 1.54) is 5.52 Å². The molecule has 0 radical (unpaired) electrons. The molecule has 0 aliphatic heterocycles. The van der Waals surface area contributed by atoms with Crippen LogP contribution in [0.1, 0.15) is 19.2 Å². The molecule has 0 spiro atoms. The molecule has 21 heavy (non-hydrogen) atoms. The first kappa shape index (κ1) is 13.8. The lowest BCUT2D eigenvalue weighted by Crippen LogP contribution is -2.21. The number of hydrogen-bond acceptors (Lipinski definition) is 3. The topological polar surface area (TPSA) is 47.7 Å². The summed E-state index contributed by atoms with van der Waals surface area (Å²) in [6, 6.07) is 8.35. The second-order valence-corrected chi connectivity index (χ2v) is 5.15. The highest BCUT2D eigenvalue weighted by Crippen LogP contribution is 2.16. The highest BCUT2D eigenvalue weighted by molar-refractivity contribution is 5.75. The Hall–Kier alpha value is -2.14. The fraction of sp³-hybridized carbons (Fsp3) is 0.375. The lowest BCUT2D eigenvalue weighted by Gasteiger charge is -2.09. The predicted molar refractivity (Wildman–Crippen MR) is 84.0 cm³/mol. The maximum absolute atomic E-state index is 4.75. The van der Waals surface area contributed by atoms with Crippen LogP contribution in [0.3, 0.4) is 0 Å². The highest BCUT2D eigenvalue weighted by Gasteiger charge is 2.08. The van der Waals surface area contributed by atoms with Gasteiger partial charge in [-0.25, -0.2) is 9.97 Å². The Bertz CT molecular complexity index is 684. The molecule has 2 aromatic heterocycles. The molecular weight excluding hydrogens is 262 g/mol. The molecule has 0 aliphatic rings. The Morgan fingerprint density at radius 3 is 2.90 bits per heavy atom. The minimum absolute atomic E-state index is 0.795. The molecule has 0 saturated heterocycles. The Kier molecular flexibility index (Phi) is 4.31. The van der Waals surface area contributed by atoms with Gasteiger partial charge in [-0.2, -0.15) is 0 Å². The van der Waals surface area contributed by atoms with Crippen molar-refractivity contribution < 1.29 is 0 Å². The second-order valence-electron chi connectivity index (χ2n) is 5.15. The zero-order chi connectivity index (χ0) is 14.5. The summed E-state index contributed by atoms with van der Waals surface area (Å²) in [4.78, 5) is 8.79. The summed E-state index contributed by atoms with van der Waals surface area (Å²) in [6.07, 6.45) is 6.74. The van der Waals surface area contributed by atoms with Crippen LogP contribution in [0.4, 0.5) is 0 Å². The molecule has 0 fully saturated rings. The zero-order valence-corrected chi connectivity index (χ0v) is 12.4. The van der Waals surface area contributed by atoms with E-state index in [1.54, 1.807) is 6.20 Å². The van der Waals surface area contributed by atoms with Crippen molar-refractivity contribution in [3.8, 4) is 0 Å². The summed E-state index contributed by atoms with van der Waals surface area (Å²) in [6.45, 7) is 5.84. The van der Waals surface area contributed by atoms with Crippen molar-refractivity contribution in [1.29, 1.82) is 0 Å². The van der Waals surface area contributed by atoms with Crippen LogP contribution in [0.5, 0.6) is 0 Å². The van der Waals surface area contributed by atoms with E-state index in [-0.39, 0.29) is 0 Å². The van der Waals surface area contributed by atoms with Gasteiger partial charge in [-0.05, 0) is 18.6 Å². The Balaban J connectivity index is 1.66. The second kappa shape index (κ2) is 6.54. The number of nitrogens with one attached hydrogen (secondary N) is 1. The molecule has 1 aromatic carbocycles. The van der Waals surface area contributed by atoms with Crippen molar-refractivity contribution in [3.05, 3.63) is 48.8 Å². The largest absolute Gasteiger partial charge is 0.336 e. The summed E-state index contributed by atoms with van der Waals surface area (Å²) in [5.74, 6) is 1.11. The van der Waals surface area contributed by atoms with Gasteiger partial charge >= 0.3 is 0 Å². The first-order valence-corrected chi connectivity index (χ1v) is 7.49. The normalized spacial score (nSPS) is 11.3. The number of imidazole rings is 2. The molecule has 1 N–H and O–H groups in total. The minimum Gasteiger partial charge on any atom is -0.336 e. The van der Waals surface area contributed by atoms with Crippen LogP contribution in [0.25, 0.3) is 11.0 Å². The molecule has 0 bridgehead atoms. The number of rotatable bonds is 7. The number of benzene rings is 1. The van der Waals surface area contributed by atoms with Crippen LogP contribution in [0.2, 0.25) is 0 Å². The number of para-hydroxylation sites is 2. The van der Waals surface area contributed by atoms with Crippen LogP contribution in [0, 0.1) is 0 Å². The van der Waals surface area contributed by atoms with Gasteiger partial charge in [-0.15, -0.1) is 0 Å². The fourth-order valence-corrected chi connectivity index (χ4v) is 2.56. The van der Waals surface area contributed by atoms with Crippen LogP contribution < -0.4 is 5.32 Å². The van der Waals surface area contributed by atoms with Gasteiger partial charge in [0.05, 0.1) is 23.9 Å². The van der Waals surface area contributed by atoms with Gasteiger partial charge in [-0.1, -0.05) is 19.1 Å². The molecule has 0 amide bonds. The van der Waals surface area contributed by atoms with E-state index < -0.39 is 0 Å². The van der Waals surface area contributed by atoms with Crippen molar-refractivity contribution in [3.63, 3.8) is 0 Å². The average Bonchev–Trinajstić information content (AvgIpc) is 3.13. The van der Waals surface area contributed by atoms with Gasteiger partial charge in [0.25, 0.3) is 0 Å². The smallest absolute Gasteiger partial charge is 0.123 e. The van der Waals surface area contributed by atoms with Gasteiger partial charge in [0.15, 0.2) is 0 Å². The molecule has 5 nitrogen and oxygen atoms in total. The molecule has 0 saturated carbocycles. The maximum Gasteiger partial charge on any atom is 0.123 e. The van der Waals surface area contributed by atoms with E-state index in [2.05, 4.69) is 44.6 Å². The van der Waals surface area contributed by atoms with E-state index >= 15 is 0 Å². The zero-order valence-electron chi connectivity index (χ0n) is 12.4. The van der Waals surface area contributed by atoms with Crippen molar-refractivity contribution in [1.82, 2.24) is 24.4 Å². The molecular formula is C16H21N5. The first-order valence-electron chi connectivity index (χ1n) is 7.49. The van der Waals surface area contributed by atoms with Crippen LogP contribution in [-0.4, -0.2) is 25.6 Å². The summed E-state index contributed by atoms with van der Waals surface area (Å²) in [5, 5.41) is 3.47. The molecule has 2 heterocycles. The molecule has 3 aromatic rings. The monoisotopic (exact) mass is 283 g/mol. The third-order valence-corrected chi connectivity index (χ3v) is 3.57. The number of aromatic nitrogens is 4. The van der Waals surface area contributed by atoms with Crippen molar-refractivity contribution in [2.24, 2.45) is 0 Å². The summed E-state index contributed by atoms with van der Waals surface area (Å²) in [7, 11) is 0. The minimum atomic E-state index is 0.795. The molecule has 0 atom stereocenters. The lowest BCUT2D eigenvalue weighted by atomic mass is 10.3. The predicted octanol–water partition coefficient (Wildman–Crippen LogP) is 2.43. The number of fused-ring (bicyclic) bond motifs is 1. The van der Waals surface area contributed by atoms with E-state index in [4.69, 9.17) is 4.98 Å².